The minimum Gasteiger partial charge on any atom is -0.395 e. The van der Waals surface area contributed by atoms with Crippen molar-refractivity contribution in [1.82, 2.24) is 4.31 Å². The third kappa shape index (κ3) is 4.11. The largest absolute Gasteiger partial charge is 0.395 e. The van der Waals surface area contributed by atoms with Gasteiger partial charge in [0.15, 0.2) is 0 Å². The Morgan fingerprint density at radius 2 is 1.88 bits per heavy atom. The fourth-order valence-corrected chi connectivity index (χ4v) is 3.04. The van der Waals surface area contributed by atoms with E-state index in [9.17, 15) is 8.42 Å². The molecule has 4 nitrogen and oxygen atoms in total. The number of sulfonamides is 1. The van der Waals surface area contributed by atoms with Crippen LogP contribution in [0.3, 0.4) is 0 Å². The van der Waals surface area contributed by atoms with E-state index in [0.717, 1.165) is 5.56 Å². The van der Waals surface area contributed by atoms with E-state index in [4.69, 9.17) is 5.11 Å². The molecule has 0 aliphatic heterocycles. The van der Waals surface area contributed by atoms with Gasteiger partial charge in [0.1, 0.15) is 0 Å². The molecule has 17 heavy (non-hydrogen) atoms. The van der Waals surface area contributed by atoms with Crippen molar-refractivity contribution >= 4 is 10.0 Å². The molecule has 0 saturated carbocycles. The van der Waals surface area contributed by atoms with Crippen LogP contribution in [-0.2, 0) is 10.0 Å². The van der Waals surface area contributed by atoms with Gasteiger partial charge in [0.2, 0.25) is 10.0 Å². The summed E-state index contributed by atoms with van der Waals surface area (Å²) in [5.41, 5.74) is 1.01. The molecular formula is C12H19NO3S. The fourth-order valence-electron chi connectivity index (χ4n) is 1.60. The summed E-state index contributed by atoms with van der Waals surface area (Å²) >= 11 is 0. The average molecular weight is 257 g/mol. The van der Waals surface area contributed by atoms with Crippen LogP contribution in [0, 0.1) is 0 Å². The van der Waals surface area contributed by atoms with Gasteiger partial charge in [0.05, 0.1) is 12.4 Å². The van der Waals surface area contributed by atoms with Crippen LogP contribution in [0.25, 0.3) is 0 Å². The van der Waals surface area contributed by atoms with Gasteiger partial charge < -0.3 is 5.11 Å². The van der Waals surface area contributed by atoms with Crippen molar-refractivity contribution < 1.29 is 13.5 Å². The second-order valence-electron chi connectivity index (χ2n) is 4.14. The van der Waals surface area contributed by atoms with Gasteiger partial charge in [-0.1, -0.05) is 37.3 Å². The predicted molar refractivity (Wildman–Crippen MR) is 68.4 cm³/mol. The van der Waals surface area contributed by atoms with E-state index in [-0.39, 0.29) is 24.8 Å². The molecule has 0 fully saturated rings. The highest BCUT2D eigenvalue weighted by molar-refractivity contribution is 7.89. The monoisotopic (exact) mass is 257 g/mol. The van der Waals surface area contributed by atoms with Gasteiger partial charge in [-0.2, -0.15) is 0 Å². The fraction of sp³-hybridized carbons (Fsp3) is 0.500. The van der Waals surface area contributed by atoms with Crippen LogP contribution in [0.5, 0.6) is 0 Å². The van der Waals surface area contributed by atoms with Crippen molar-refractivity contribution in [3.05, 3.63) is 35.9 Å². The van der Waals surface area contributed by atoms with Crippen molar-refractivity contribution in [3.8, 4) is 0 Å². The van der Waals surface area contributed by atoms with Crippen LogP contribution in [-0.4, -0.2) is 43.8 Å². The zero-order chi connectivity index (χ0) is 12.9. The number of hydrogen-bond acceptors (Lipinski definition) is 3. The summed E-state index contributed by atoms with van der Waals surface area (Å²) in [6.45, 7) is 1.87. The molecule has 1 atom stereocenters. The SMILES string of the molecule is CC(CS(=O)(=O)N(C)CCO)c1ccccc1. The molecule has 0 bridgehead atoms. The standard InChI is InChI=1S/C12H19NO3S/c1-11(12-6-4-3-5-7-12)10-17(15,16)13(2)8-9-14/h3-7,11,14H,8-10H2,1-2H3. The highest BCUT2D eigenvalue weighted by Gasteiger charge is 2.21. The average Bonchev–Trinajstić information content (AvgIpc) is 2.30. The smallest absolute Gasteiger partial charge is 0.214 e. The number of benzene rings is 1. The molecule has 1 aromatic carbocycles. The first kappa shape index (κ1) is 14.2. The molecule has 0 saturated heterocycles. The Morgan fingerprint density at radius 3 is 2.41 bits per heavy atom. The van der Waals surface area contributed by atoms with Crippen LogP contribution < -0.4 is 0 Å². The Morgan fingerprint density at radius 1 is 1.29 bits per heavy atom. The zero-order valence-corrected chi connectivity index (χ0v) is 11.0. The van der Waals surface area contributed by atoms with Crippen molar-refractivity contribution in [3.63, 3.8) is 0 Å². The van der Waals surface area contributed by atoms with E-state index < -0.39 is 10.0 Å². The second-order valence-corrected chi connectivity index (χ2v) is 6.26. The quantitative estimate of drug-likeness (QED) is 0.828. The molecule has 0 radical (unpaired) electrons. The third-order valence-corrected chi connectivity index (χ3v) is 4.77. The Bertz CT molecular complexity index is 430. The summed E-state index contributed by atoms with van der Waals surface area (Å²) in [6, 6.07) is 9.55. The lowest BCUT2D eigenvalue weighted by Crippen LogP contribution is -2.33. The normalized spacial score (nSPS) is 13.9. The lowest BCUT2D eigenvalue weighted by Gasteiger charge is -2.19. The maximum atomic E-state index is 11.9. The van der Waals surface area contributed by atoms with Gasteiger partial charge in [0, 0.05) is 13.6 Å². The topological polar surface area (TPSA) is 57.6 Å². The third-order valence-electron chi connectivity index (χ3n) is 2.72. The van der Waals surface area contributed by atoms with E-state index in [1.807, 2.05) is 37.3 Å². The zero-order valence-electron chi connectivity index (χ0n) is 10.2. The Balaban J connectivity index is 2.71. The summed E-state index contributed by atoms with van der Waals surface area (Å²) in [4.78, 5) is 0. The van der Waals surface area contributed by atoms with Crippen molar-refractivity contribution in [1.29, 1.82) is 0 Å². The first-order chi connectivity index (χ1) is 7.97. The Hall–Kier alpha value is -0.910. The van der Waals surface area contributed by atoms with E-state index >= 15 is 0 Å². The van der Waals surface area contributed by atoms with Gasteiger partial charge in [-0.25, -0.2) is 12.7 Å². The molecule has 0 aliphatic carbocycles. The van der Waals surface area contributed by atoms with E-state index in [1.54, 1.807) is 0 Å². The van der Waals surface area contributed by atoms with Crippen LogP contribution in [0.15, 0.2) is 30.3 Å². The predicted octanol–water partition coefficient (Wildman–Crippen LogP) is 1.04. The molecule has 1 aromatic rings. The van der Waals surface area contributed by atoms with Gasteiger partial charge in [-0.3, -0.25) is 0 Å². The van der Waals surface area contributed by atoms with E-state index in [2.05, 4.69) is 0 Å². The number of hydrogen-bond donors (Lipinski definition) is 1. The Labute approximate surface area is 103 Å². The summed E-state index contributed by atoms with van der Waals surface area (Å²) in [5.74, 6) is 0.00962. The summed E-state index contributed by atoms with van der Waals surface area (Å²) in [5, 5.41) is 8.75. The minimum absolute atomic E-state index is 0.0534. The number of aliphatic hydroxyl groups is 1. The van der Waals surface area contributed by atoms with Crippen molar-refractivity contribution in [2.75, 3.05) is 26.0 Å². The second kappa shape index (κ2) is 6.14. The van der Waals surface area contributed by atoms with Gasteiger partial charge in [-0.05, 0) is 11.5 Å². The lowest BCUT2D eigenvalue weighted by molar-refractivity contribution is 0.266. The van der Waals surface area contributed by atoms with E-state index in [0.29, 0.717) is 0 Å². The molecule has 1 rings (SSSR count). The summed E-state index contributed by atoms with van der Waals surface area (Å²) in [7, 11) is -1.81. The van der Waals surface area contributed by atoms with Gasteiger partial charge in [-0.15, -0.1) is 0 Å². The molecule has 0 aromatic heterocycles. The van der Waals surface area contributed by atoms with Crippen LogP contribution >= 0.6 is 0 Å². The van der Waals surface area contributed by atoms with Crippen LogP contribution in [0.2, 0.25) is 0 Å². The molecule has 1 N–H and O–H groups in total. The lowest BCUT2D eigenvalue weighted by atomic mass is 10.0. The highest BCUT2D eigenvalue weighted by Crippen LogP contribution is 2.17. The first-order valence-electron chi connectivity index (χ1n) is 5.57. The summed E-state index contributed by atoms with van der Waals surface area (Å²) < 4.78 is 25.0. The van der Waals surface area contributed by atoms with Crippen molar-refractivity contribution in [2.45, 2.75) is 12.8 Å². The van der Waals surface area contributed by atoms with Crippen molar-refractivity contribution in [2.24, 2.45) is 0 Å². The molecule has 5 heteroatoms. The van der Waals surface area contributed by atoms with E-state index in [1.165, 1.54) is 11.4 Å². The first-order valence-corrected chi connectivity index (χ1v) is 7.18. The van der Waals surface area contributed by atoms with Gasteiger partial charge >= 0.3 is 0 Å². The number of rotatable bonds is 6. The van der Waals surface area contributed by atoms with Crippen LogP contribution in [0.1, 0.15) is 18.4 Å². The molecule has 0 spiro atoms. The maximum absolute atomic E-state index is 11.9. The minimum atomic E-state index is -3.30. The summed E-state index contributed by atoms with van der Waals surface area (Å²) in [6.07, 6.45) is 0. The molecule has 0 aliphatic rings. The molecule has 0 heterocycles. The molecule has 96 valence electrons. The molecule has 0 amide bonds. The number of likely N-dealkylation sites (N-methyl/N-ethyl adjacent to an activating group) is 1. The molecule has 1 unspecified atom stereocenters. The number of nitrogens with zero attached hydrogens (tertiary/aromatic N) is 1. The molecular weight excluding hydrogens is 238 g/mol. The maximum Gasteiger partial charge on any atom is 0.214 e. The highest BCUT2D eigenvalue weighted by atomic mass is 32.2. The Kier molecular flexibility index (Phi) is 5.11. The van der Waals surface area contributed by atoms with Gasteiger partial charge in [0.25, 0.3) is 0 Å². The van der Waals surface area contributed by atoms with Crippen LogP contribution in [0.4, 0.5) is 0 Å². The number of aliphatic hydroxyl groups excluding tert-OH is 1.